The Bertz CT molecular complexity index is 1170. The predicted molar refractivity (Wildman–Crippen MR) is 112 cm³/mol. The monoisotopic (exact) mass is 387 g/mol. The maximum atomic E-state index is 11.9. The van der Waals surface area contributed by atoms with Crippen molar-refractivity contribution in [1.82, 2.24) is 10.2 Å². The van der Waals surface area contributed by atoms with E-state index in [9.17, 15) is 9.59 Å². The lowest BCUT2D eigenvalue weighted by atomic mass is 10.00. The maximum absolute atomic E-state index is 11.9. The molecule has 1 aliphatic heterocycles. The van der Waals surface area contributed by atoms with Crippen LogP contribution >= 0.6 is 0 Å². The number of hydrogen-bond donors (Lipinski definition) is 3. The third-order valence-electron chi connectivity index (χ3n) is 5.76. The maximum Gasteiger partial charge on any atom is 0.271 e. The predicted octanol–water partition coefficient (Wildman–Crippen LogP) is 3.10. The highest BCUT2D eigenvalue weighted by atomic mass is 16.2. The minimum atomic E-state index is -0.594. The van der Waals surface area contributed by atoms with Gasteiger partial charge in [-0.1, -0.05) is 18.2 Å². The van der Waals surface area contributed by atoms with Gasteiger partial charge in [-0.3, -0.25) is 9.59 Å². The Labute approximate surface area is 167 Å². The van der Waals surface area contributed by atoms with Gasteiger partial charge in [-0.25, -0.2) is 0 Å². The van der Waals surface area contributed by atoms with E-state index in [1.165, 1.54) is 12.8 Å². The van der Waals surface area contributed by atoms with Crippen molar-refractivity contribution in [3.8, 4) is 11.1 Å². The first-order valence-electron chi connectivity index (χ1n) is 9.79. The third kappa shape index (κ3) is 3.18. The fraction of sp³-hybridized carbons (Fsp3) is 0.273. The van der Waals surface area contributed by atoms with E-state index in [4.69, 9.17) is 5.73 Å². The highest BCUT2D eigenvalue weighted by molar-refractivity contribution is 6.05. The summed E-state index contributed by atoms with van der Waals surface area (Å²) in [5, 5.41) is 15.5. The normalized spacial score (nSPS) is 16.4. The Morgan fingerprint density at radius 1 is 1.17 bits per heavy atom. The third-order valence-corrected chi connectivity index (χ3v) is 5.76. The number of carbonyl (C=O) groups excluding carboxylic acids is 2. The van der Waals surface area contributed by atoms with Gasteiger partial charge in [-0.15, -0.1) is 10.2 Å². The number of nitrogens with zero attached hydrogens (tertiary/aromatic N) is 2. The van der Waals surface area contributed by atoms with Crippen LogP contribution in [0.1, 0.15) is 35.8 Å². The summed E-state index contributed by atoms with van der Waals surface area (Å²) >= 11 is 0. The summed E-state index contributed by atoms with van der Waals surface area (Å²) < 4.78 is 0. The molecule has 2 aliphatic rings. The standard InChI is InChI=1S/C22H21N5O2/c1-11(12-2-3-12)24-20-16-7-6-14(9-18(16)26-27-21(20)22(23)29)13-4-5-15-10-19(28)25-17(15)8-13/h4-9,11-12H,2-3,10H2,1H3,(H2,23,29)(H,24,26)(H,25,28). The van der Waals surface area contributed by atoms with Crippen molar-refractivity contribution in [2.45, 2.75) is 32.2 Å². The molecule has 7 heteroatoms. The summed E-state index contributed by atoms with van der Waals surface area (Å²) in [5.74, 6) is 0.0317. The molecule has 2 amide bonds. The topological polar surface area (TPSA) is 110 Å². The number of amides is 2. The van der Waals surface area contributed by atoms with E-state index in [1.54, 1.807) is 0 Å². The zero-order valence-electron chi connectivity index (χ0n) is 16.0. The Morgan fingerprint density at radius 3 is 2.69 bits per heavy atom. The molecule has 0 spiro atoms. The van der Waals surface area contributed by atoms with E-state index in [-0.39, 0.29) is 17.6 Å². The molecule has 5 rings (SSSR count). The van der Waals surface area contributed by atoms with E-state index in [0.717, 1.165) is 27.8 Å². The Kier molecular flexibility index (Phi) is 3.97. The van der Waals surface area contributed by atoms with Gasteiger partial charge in [-0.2, -0.15) is 0 Å². The van der Waals surface area contributed by atoms with E-state index in [1.807, 2.05) is 36.4 Å². The molecule has 2 aromatic carbocycles. The lowest BCUT2D eigenvalue weighted by molar-refractivity contribution is -0.115. The number of fused-ring (bicyclic) bond motifs is 2. The van der Waals surface area contributed by atoms with E-state index in [2.05, 4.69) is 27.8 Å². The lowest BCUT2D eigenvalue weighted by Crippen LogP contribution is -2.23. The molecule has 146 valence electrons. The zero-order chi connectivity index (χ0) is 20.1. The number of nitrogens with one attached hydrogen (secondary N) is 2. The molecule has 1 saturated carbocycles. The van der Waals surface area contributed by atoms with Gasteiger partial charge in [-0.05, 0) is 60.6 Å². The second kappa shape index (κ2) is 6.55. The molecular formula is C22H21N5O2. The van der Waals surface area contributed by atoms with Gasteiger partial charge in [0, 0.05) is 17.1 Å². The summed E-state index contributed by atoms with van der Waals surface area (Å²) in [6.07, 6.45) is 2.80. The van der Waals surface area contributed by atoms with Crippen LogP contribution in [-0.2, 0) is 11.2 Å². The molecule has 0 bridgehead atoms. The zero-order valence-corrected chi connectivity index (χ0v) is 16.0. The number of nitrogens with two attached hydrogens (primary N) is 1. The van der Waals surface area contributed by atoms with Gasteiger partial charge in [0.25, 0.3) is 5.91 Å². The average Bonchev–Trinajstić information content (AvgIpc) is 3.48. The first-order valence-corrected chi connectivity index (χ1v) is 9.79. The van der Waals surface area contributed by atoms with Gasteiger partial charge in [0.15, 0.2) is 5.69 Å². The number of hydrogen-bond acceptors (Lipinski definition) is 5. The van der Waals surface area contributed by atoms with Crippen molar-refractivity contribution >= 4 is 34.1 Å². The number of aromatic nitrogens is 2. The molecular weight excluding hydrogens is 366 g/mol. The highest BCUT2D eigenvalue weighted by Gasteiger charge is 2.29. The van der Waals surface area contributed by atoms with Gasteiger partial charge in [0.05, 0.1) is 17.6 Å². The van der Waals surface area contributed by atoms with Gasteiger partial charge in [0.1, 0.15) is 0 Å². The molecule has 1 aliphatic carbocycles. The lowest BCUT2D eigenvalue weighted by Gasteiger charge is -2.18. The fourth-order valence-electron chi connectivity index (χ4n) is 3.94. The van der Waals surface area contributed by atoms with E-state index < -0.39 is 5.91 Å². The summed E-state index contributed by atoms with van der Waals surface area (Å²) in [6.45, 7) is 2.11. The molecule has 1 fully saturated rings. The second-order valence-corrected chi connectivity index (χ2v) is 7.89. The molecule has 0 radical (unpaired) electrons. The van der Waals surface area contributed by atoms with E-state index in [0.29, 0.717) is 23.5 Å². The molecule has 2 heterocycles. The smallest absolute Gasteiger partial charge is 0.271 e. The van der Waals surface area contributed by atoms with E-state index >= 15 is 0 Å². The van der Waals surface area contributed by atoms with Crippen LogP contribution in [0.3, 0.4) is 0 Å². The van der Waals surface area contributed by atoms with Gasteiger partial charge in [0.2, 0.25) is 5.91 Å². The molecule has 0 saturated heterocycles. The Balaban J connectivity index is 1.57. The van der Waals surface area contributed by atoms with Gasteiger partial charge < -0.3 is 16.4 Å². The van der Waals surface area contributed by atoms with Crippen LogP contribution < -0.4 is 16.4 Å². The summed E-state index contributed by atoms with van der Waals surface area (Å²) in [4.78, 5) is 23.5. The van der Waals surface area contributed by atoms with Gasteiger partial charge >= 0.3 is 0 Å². The molecule has 7 nitrogen and oxygen atoms in total. The molecule has 3 aromatic rings. The number of rotatable bonds is 5. The minimum absolute atomic E-state index is 0.0148. The number of primary amides is 1. The first-order chi connectivity index (χ1) is 14.0. The van der Waals surface area contributed by atoms with Crippen molar-refractivity contribution in [2.75, 3.05) is 10.6 Å². The van der Waals surface area contributed by atoms with Crippen LogP contribution in [0.4, 0.5) is 11.4 Å². The number of benzene rings is 2. The van der Waals surface area contributed by atoms with Crippen molar-refractivity contribution in [3.63, 3.8) is 0 Å². The van der Waals surface area contributed by atoms with Crippen LogP contribution in [0.25, 0.3) is 22.0 Å². The van der Waals surface area contributed by atoms with Crippen LogP contribution in [-0.4, -0.2) is 28.1 Å². The summed E-state index contributed by atoms with van der Waals surface area (Å²) in [6, 6.07) is 12.1. The SMILES string of the molecule is CC(Nc1c(C(N)=O)nnc2cc(-c3ccc4c(c3)NC(=O)C4)ccc12)C1CC1. The van der Waals surface area contributed by atoms with Crippen molar-refractivity contribution in [2.24, 2.45) is 11.7 Å². The largest absolute Gasteiger partial charge is 0.380 e. The van der Waals surface area contributed by atoms with Crippen LogP contribution in [0.15, 0.2) is 36.4 Å². The molecule has 29 heavy (non-hydrogen) atoms. The molecule has 1 aromatic heterocycles. The Morgan fingerprint density at radius 2 is 1.93 bits per heavy atom. The highest BCUT2D eigenvalue weighted by Crippen LogP contribution is 2.37. The van der Waals surface area contributed by atoms with Crippen molar-refractivity contribution < 1.29 is 9.59 Å². The first kappa shape index (κ1) is 17.6. The minimum Gasteiger partial charge on any atom is -0.380 e. The van der Waals surface area contributed by atoms with Crippen molar-refractivity contribution in [1.29, 1.82) is 0 Å². The molecule has 1 unspecified atom stereocenters. The second-order valence-electron chi connectivity index (χ2n) is 7.89. The van der Waals surface area contributed by atoms with Crippen LogP contribution in [0.5, 0.6) is 0 Å². The Hall–Kier alpha value is -3.48. The number of carbonyl (C=O) groups is 2. The fourth-order valence-corrected chi connectivity index (χ4v) is 3.94. The molecule has 1 atom stereocenters. The van der Waals surface area contributed by atoms with Crippen LogP contribution in [0, 0.1) is 5.92 Å². The summed E-state index contributed by atoms with van der Waals surface area (Å²) in [5.41, 5.74) is 10.8. The summed E-state index contributed by atoms with van der Waals surface area (Å²) in [7, 11) is 0. The quantitative estimate of drug-likeness (QED) is 0.623. The molecule has 4 N–H and O–H groups in total. The number of anilines is 2. The van der Waals surface area contributed by atoms with Crippen LogP contribution in [0.2, 0.25) is 0 Å². The average molecular weight is 387 g/mol. The van der Waals surface area contributed by atoms with Crippen molar-refractivity contribution in [3.05, 3.63) is 47.7 Å².